The molecule has 0 spiro atoms. The van der Waals surface area contributed by atoms with Crippen molar-refractivity contribution in [2.24, 2.45) is 0 Å². The number of fused-ring (bicyclic) bond motifs is 2. The Balaban J connectivity index is 0.000000159. The van der Waals surface area contributed by atoms with E-state index in [4.69, 9.17) is 0 Å². The van der Waals surface area contributed by atoms with E-state index in [1.54, 1.807) is 18.2 Å². The number of aromatic hydroxyl groups is 1. The molecule has 0 bridgehead atoms. The van der Waals surface area contributed by atoms with E-state index in [-0.39, 0.29) is 66.1 Å². The number of hydrogen-bond donors (Lipinski definition) is 1. The number of benzene rings is 6. The number of carbonyl (C=O) groups is 1. The molecular weight excluding hydrogens is 1000 g/mol. The maximum atomic E-state index is 13.8. The zero-order chi connectivity index (χ0) is 44.1. The van der Waals surface area contributed by atoms with Gasteiger partial charge in [-0.2, -0.15) is 13.2 Å². The molecule has 0 atom stereocenters. The van der Waals surface area contributed by atoms with Gasteiger partial charge in [0.25, 0.3) is 11.3 Å². The van der Waals surface area contributed by atoms with Crippen LogP contribution in [0.4, 0.5) is 13.2 Å². The maximum Gasteiger partial charge on any atom is 0.455 e. The molecule has 2 aromatic heterocycles. The van der Waals surface area contributed by atoms with E-state index in [0.717, 1.165) is 36.4 Å². The summed E-state index contributed by atoms with van der Waals surface area (Å²) in [6.45, 7) is 5.75. The number of hydrogen-bond acceptors (Lipinski definition) is 7. The molecule has 0 fully saturated rings. The normalized spacial score (nSPS) is 11.7. The number of ketones is 1. The van der Waals surface area contributed by atoms with Crippen LogP contribution in [0, 0.1) is 49.4 Å². The first-order valence-electron chi connectivity index (χ1n) is 19.1. The van der Waals surface area contributed by atoms with Gasteiger partial charge in [-0.05, 0) is 36.5 Å². The third-order valence-electron chi connectivity index (χ3n) is 9.94. The molecular formula is C49H37EuF3N2O5P2S. The Morgan fingerprint density at radius 2 is 1.05 bits per heavy atom. The molecule has 9 rings (SSSR count). The Hall–Kier alpha value is -4.93. The monoisotopic (exact) mass is 1040 g/mol. The van der Waals surface area contributed by atoms with Crippen LogP contribution in [-0.4, -0.2) is 26.6 Å². The van der Waals surface area contributed by atoms with Crippen molar-refractivity contribution in [2.75, 3.05) is 0 Å². The third kappa shape index (κ3) is 9.63. The molecule has 0 saturated carbocycles. The van der Waals surface area contributed by atoms with Gasteiger partial charge in [0.1, 0.15) is 11.3 Å². The van der Waals surface area contributed by atoms with Crippen LogP contribution in [0.3, 0.4) is 0 Å². The second kappa shape index (κ2) is 20.3. The number of alkyl halides is 3. The van der Waals surface area contributed by atoms with E-state index >= 15 is 0 Å². The summed E-state index contributed by atoms with van der Waals surface area (Å²) in [4.78, 5) is 29.6. The van der Waals surface area contributed by atoms with Crippen molar-refractivity contribution in [3.8, 4) is 11.6 Å². The fourth-order valence-corrected chi connectivity index (χ4v) is 13.1. The molecule has 0 aliphatic carbocycles. The molecule has 0 saturated heterocycles. The molecule has 0 amide bonds. The SMILES string of the molecule is C=C(C)P(=O)(c1ccccc1)c1ccccc1.O=C(c1c(O)c2cccc3c2n(c1=O)-c1ncccc1S3)C(F)(F)F.O=P(c1ccccc1)(c1ccccc1)c1ccccc1.[Eu]. The average Bonchev–Trinajstić information content (AvgIpc) is 3.31. The van der Waals surface area contributed by atoms with Crippen LogP contribution >= 0.6 is 26.0 Å². The van der Waals surface area contributed by atoms with Gasteiger partial charge in [0.2, 0.25) is 0 Å². The Morgan fingerprint density at radius 1 is 0.635 bits per heavy atom. The van der Waals surface area contributed by atoms with Gasteiger partial charge in [0.05, 0.1) is 10.4 Å². The van der Waals surface area contributed by atoms with E-state index in [2.05, 4.69) is 11.6 Å². The summed E-state index contributed by atoms with van der Waals surface area (Å²) in [5.41, 5.74) is -2.33. The summed E-state index contributed by atoms with van der Waals surface area (Å²) in [5.74, 6) is -3.24. The molecule has 8 aromatic rings. The number of nitrogens with zero attached hydrogens (tertiary/aromatic N) is 2. The van der Waals surface area contributed by atoms with E-state index in [1.165, 1.54) is 30.1 Å². The van der Waals surface area contributed by atoms with Gasteiger partial charge in [0.15, 0.2) is 20.1 Å². The van der Waals surface area contributed by atoms with Crippen molar-refractivity contribution >= 4 is 69.3 Å². The van der Waals surface area contributed by atoms with Crippen molar-refractivity contribution in [1.82, 2.24) is 9.55 Å². The average molecular weight is 1040 g/mol. The molecule has 6 aromatic carbocycles. The van der Waals surface area contributed by atoms with Crippen LogP contribution in [0.15, 0.2) is 215 Å². The summed E-state index contributed by atoms with van der Waals surface area (Å²) in [6, 6.07) is 56.1. The van der Waals surface area contributed by atoms with Gasteiger partial charge >= 0.3 is 6.18 Å². The molecule has 1 radical (unpaired) electrons. The quantitative estimate of drug-likeness (QED) is 0.125. The van der Waals surface area contributed by atoms with Crippen LogP contribution in [0.1, 0.15) is 17.3 Å². The Morgan fingerprint density at radius 3 is 1.46 bits per heavy atom. The minimum Gasteiger partial charge on any atom is -0.506 e. The Bertz CT molecular complexity index is 2920. The number of pyridine rings is 2. The third-order valence-corrected chi connectivity index (χ3v) is 17.2. The smallest absolute Gasteiger partial charge is 0.455 e. The van der Waals surface area contributed by atoms with Gasteiger partial charge in [-0.1, -0.05) is 176 Å². The van der Waals surface area contributed by atoms with Crippen LogP contribution in [0.25, 0.3) is 16.7 Å². The van der Waals surface area contributed by atoms with Crippen molar-refractivity contribution in [3.63, 3.8) is 0 Å². The molecule has 317 valence electrons. The zero-order valence-electron chi connectivity index (χ0n) is 33.4. The summed E-state index contributed by atoms with van der Waals surface area (Å²) < 4.78 is 66.7. The van der Waals surface area contributed by atoms with Crippen molar-refractivity contribution < 1.29 is 81.6 Å². The molecule has 0 unspecified atom stereocenters. The van der Waals surface area contributed by atoms with Gasteiger partial charge in [-0.3, -0.25) is 14.2 Å². The van der Waals surface area contributed by atoms with Crippen LogP contribution in [-0.2, 0) is 9.13 Å². The minimum atomic E-state index is -5.29. The topological polar surface area (TPSA) is 106 Å². The molecule has 14 heteroatoms. The van der Waals surface area contributed by atoms with E-state index in [0.29, 0.717) is 9.79 Å². The predicted molar refractivity (Wildman–Crippen MR) is 244 cm³/mol. The number of allylic oxidation sites excluding steroid dienone is 1. The fraction of sp³-hybridized carbons (Fsp3) is 0.0408. The number of halogens is 3. The van der Waals surface area contributed by atoms with Crippen molar-refractivity contribution in [2.45, 2.75) is 22.9 Å². The van der Waals surface area contributed by atoms with Crippen LogP contribution < -0.4 is 32.1 Å². The fourth-order valence-electron chi connectivity index (χ4n) is 7.00. The first-order valence-corrected chi connectivity index (χ1v) is 23.3. The summed E-state index contributed by atoms with van der Waals surface area (Å²) >= 11 is 1.27. The van der Waals surface area contributed by atoms with Gasteiger partial charge in [0, 0.05) is 92.4 Å². The van der Waals surface area contributed by atoms with Gasteiger partial charge in [-0.15, -0.1) is 0 Å². The van der Waals surface area contributed by atoms with E-state index in [1.807, 2.05) is 159 Å². The molecule has 1 aliphatic rings. The molecule has 1 N–H and O–H groups in total. The second-order valence-corrected chi connectivity index (χ2v) is 20.8. The summed E-state index contributed by atoms with van der Waals surface area (Å²) in [5, 5.41) is 15.2. The Labute approximate surface area is 407 Å². The number of para-hydroxylation sites is 1. The molecule has 7 nitrogen and oxygen atoms in total. The van der Waals surface area contributed by atoms with Gasteiger partial charge in [-0.25, -0.2) is 4.98 Å². The first kappa shape index (κ1) is 47.6. The zero-order valence-corrected chi connectivity index (χ0v) is 38.4. The first-order chi connectivity index (χ1) is 29.8. The molecule has 63 heavy (non-hydrogen) atoms. The Kier molecular flexibility index (Phi) is 15.3. The number of rotatable bonds is 7. The summed E-state index contributed by atoms with van der Waals surface area (Å²) in [7, 11) is -5.47. The maximum absolute atomic E-state index is 13.8. The van der Waals surface area contributed by atoms with E-state index < -0.39 is 43.1 Å². The molecule has 3 heterocycles. The number of aromatic nitrogens is 2. The summed E-state index contributed by atoms with van der Waals surface area (Å²) in [6.07, 6.45) is -3.89. The van der Waals surface area contributed by atoms with Crippen molar-refractivity contribution in [1.29, 1.82) is 0 Å². The largest absolute Gasteiger partial charge is 0.506 e. The predicted octanol–water partition coefficient (Wildman–Crippen LogP) is 10.2. The standard InChI is InChI=1S/C18H15OP.C16H7F3N2O3S.C15H15OP.Eu/c19-20(16-10-4-1-5-11-16,17-12-6-2-7-13-17)18-14-8-3-9-15-18;17-16(18,19)13(23)10-12(22)7-3-1-4-8-11(7)21(15(10)24)14-9(25-8)5-2-6-20-14;1-13(2)17(16,14-9-5-3-6-10-14)15-11-7-4-8-12-15;/h1-15H;1-6,22H;3-12H,1H2,2H3;. The minimum absolute atomic E-state index is 0. The van der Waals surface area contributed by atoms with Crippen LogP contribution in [0.5, 0.6) is 5.75 Å². The molecule has 1 aliphatic heterocycles. The van der Waals surface area contributed by atoms with E-state index in [9.17, 15) is 37.0 Å². The van der Waals surface area contributed by atoms with Crippen LogP contribution in [0.2, 0.25) is 0 Å². The van der Waals surface area contributed by atoms with Gasteiger partial charge < -0.3 is 14.2 Å². The number of Topliss-reactive ketones (excluding diaryl/α,β-unsaturated/α-hetero) is 1. The number of carbonyl (C=O) groups excluding carboxylic acids is 1. The second-order valence-electron chi connectivity index (χ2n) is 13.9. The van der Waals surface area contributed by atoms with Crippen molar-refractivity contribution in [3.05, 3.63) is 216 Å².